The fourth-order valence-electron chi connectivity index (χ4n) is 3.29. The lowest BCUT2D eigenvalue weighted by molar-refractivity contribution is 0.0712. The number of hydrogen-bond donors (Lipinski definition) is 1. The Morgan fingerprint density at radius 2 is 1.90 bits per heavy atom. The number of nitrogens with zero attached hydrogens (tertiary/aromatic N) is 1. The van der Waals surface area contributed by atoms with Crippen molar-refractivity contribution in [3.8, 4) is 0 Å². The Hall–Kier alpha value is -3.67. The average molecular weight is 390 g/mol. The Balaban J connectivity index is 1.73. The van der Waals surface area contributed by atoms with Gasteiger partial charge in [0.25, 0.3) is 11.5 Å². The minimum absolute atomic E-state index is 0.0209. The molecular weight excluding hydrogens is 371 g/mol. The largest absolute Gasteiger partial charge is 0.467 e. The number of furan rings is 1. The van der Waals surface area contributed by atoms with Gasteiger partial charge in [-0.25, -0.2) is 4.39 Å². The number of carbonyl (C=O) groups excluding carboxylic acids is 1. The Morgan fingerprint density at radius 1 is 1.07 bits per heavy atom. The predicted molar refractivity (Wildman–Crippen MR) is 108 cm³/mol. The molecule has 2 heterocycles. The van der Waals surface area contributed by atoms with Crippen molar-refractivity contribution < 1.29 is 13.6 Å². The second-order valence-electron chi connectivity index (χ2n) is 6.93. The molecule has 146 valence electrons. The maximum absolute atomic E-state index is 14.2. The minimum Gasteiger partial charge on any atom is -0.467 e. The summed E-state index contributed by atoms with van der Waals surface area (Å²) in [6, 6.07) is 16.7. The van der Waals surface area contributed by atoms with Gasteiger partial charge in [0.1, 0.15) is 11.6 Å². The van der Waals surface area contributed by atoms with E-state index in [-0.39, 0.29) is 24.2 Å². The highest BCUT2D eigenvalue weighted by Gasteiger charge is 2.21. The van der Waals surface area contributed by atoms with Gasteiger partial charge in [0.05, 0.1) is 24.9 Å². The number of nitrogens with one attached hydrogen (secondary N) is 1. The molecule has 0 bridgehead atoms. The number of aryl methyl sites for hydroxylation is 1. The first-order chi connectivity index (χ1) is 14.0. The molecule has 6 heteroatoms. The topological polar surface area (TPSA) is 66.3 Å². The molecule has 0 radical (unpaired) electrons. The molecule has 0 spiro atoms. The first-order valence-electron chi connectivity index (χ1n) is 9.20. The lowest BCUT2D eigenvalue weighted by Crippen LogP contribution is -2.33. The number of benzene rings is 2. The van der Waals surface area contributed by atoms with Crippen molar-refractivity contribution in [1.29, 1.82) is 0 Å². The molecule has 0 saturated heterocycles. The summed E-state index contributed by atoms with van der Waals surface area (Å²) in [5.74, 6) is -0.573. The van der Waals surface area contributed by atoms with Crippen molar-refractivity contribution in [2.24, 2.45) is 0 Å². The number of halogens is 1. The van der Waals surface area contributed by atoms with Gasteiger partial charge in [0.15, 0.2) is 0 Å². The zero-order chi connectivity index (χ0) is 20.4. The maximum Gasteiger partial charge on any atom is 0.257 e. The standard InChI is InChI=1S/C23H19FN2O3/c1-15-8-9-21-16(11-15)12-17(22(27)25-21)13-26(14-18-5-4-10-29-18)23(28)19-6-2-3-7-20(19)24/h2-12H,13-14H2,1H3,(H,25,27). The molecule has 4 aromatic rings. The van der Waals surface area contributed by atoms with E-state index in [4.69, 9.17) is 4.42 Å². The number of aromatic amines is 1. The summed E-state index contributed by atoms with van der Waals surface area (Å²) in [7, 11) is 0. The molecule has 0 aliphatic carbocycles. The molecule has 1 amide bonds. The summed E-state index contributed by atoms with van der Waals surface area (Å²) in [5, 5.41) is 0.871. The molecule has 0 aliphatic heterocycles. The van der Waals surface area contributed by atoms with Crippen molar-refractivity contribution >= 4 is 16.8 Å². The van der Waals surface area contributed by atoms with Crippen LogP contribution in [0.1, 0.15) is 27.2 Å². The summed E-state index contributed by atoms with van der Waals surface area (Å²) < 4.78 is 19.6. The smallest absolute Gasteiger partial charge is 0.257 e. The molecule has 0 fully saturated rings. The molecule has 5 nitrogen and oxygen atoms in total. The van der Waals surface area contributed by atoms with E-state index in [2.05, 4.69) is 4.98 Å². The third kappa shape index (κ3) is 3.96. The van der Waals surface area contributed by atoms with Crippen molar-refractivity contribution in [2.45, 2.75) is 20.0 Å². The van der Waals surface area contributed by atoms with E-state index in [1.165, 1.54) is 29.4 Å². The Bertz CT molecular complexity index is 1230. The van der Waals surface area contributed by atoms with E-state index in [1.54, 1.807) is 24.3 Å². The number of amides is 1. The number of carbonyl (C=O) groups is 1. The summed E-state index contributed by atoms with van der Waals surface area (Å²) in [5.41, 5.74) is 1.87. The molecule has 0 unspecified atom stereocenters. The van der Waals surface area contributed by atoms with E-state index in [1.807, 2.05) is 25.1 Å². The van der Waals surface area contributed by atoms with Gasteiger partial charge < -0.3 is 14.3 Å². The highest BCUT2D eigenvalue weighted by atomic mass is 19.1. The zero-order valence-electron chi connectivity index (χ0n) is 15.8. The minimum atomic E-state index is -0.606. The summed E-state index contributed by atoms with van der Waals surface area (Å²) >= 11 is 0. The highest BCUT2D eigenvalue weighted by Crippen LogP contribution is 2.18. The zero-order valence-corrected chi connectivity index (χ0v) is 15.8. The number of rotatable bonds is 5. The van der Waals surface area contributed by atoms with Gasteiger partial charge >= 0.3 is 0 Å². The maximum atomic E-state index is 14.2. The van der Waals surface area contributed by atoms with Gasteiger partial charge in [0, 0.05) is 11.1 Å². The number of fused-ring (bicyclic) bond motifs is 1. The Morgan fingerprint density at radius 3 is 2.66 bits per heavy atom. The van der Waals surface area contributed by atoms with Crippen LogP contribution in [0.2, 0.25) is 0 Å². The molecule has 4 rings (SSSR count). The third-order valence-corrected chi connectivity index (χ3v) is 4.76. The molecule has 2 aromatic heterocycles. The monoisotopic (exact) mass is 390 g/mol. The van der Waals surface area contributed by atoms with Crippen LogP contribution in [0.5, 0.6) is 0 Å². The van der Waals surface area contributed by atoms with Gasteiger partial charge in [0.2, 0.25) is 0 Å². The van der Waals surface area contributed by atoms with E-state index in [0.717, 1.165) is 16.5 Å². The lowest BCUT2D eigenvalue weighted by Gasteiger charge is -2.22. The predicted octanol–water partition coefficient (Wildman–Crippen LogP) is 4.41. The third-order valence-electron chi connectivity index (χ3n) is 4.76. The summed E-state index contributed by atoms with van der Waals surface area (Å²) in [6.45, 7) is 2.10. The second-order valence-corrected chi connectivity index (χ2v) is 6.93. The van der Waals surface area contributed by atoms with Gasteiger partial charge in [-0.1, -0.05) is 23.8 Å². The molecular formula is C23H19FN2O3. The second kappa shape index (κ2) is 7.75. The fraction of sp³-hybridized carbons (Fsp3) is 0.130. The number of pyridine rings is 1. The van der Waals surface area contributed by atoms with Crippen LogP contribution in [0.4, 0.5) is 4.39 Å². The number of H-pyrrole nitrogens is 1. The SMILES string of the molecule is Cc1ccc2[nH]c(=O)c(CN(Cc3ccco3)C(=O)c3ccccc3F)cc2c1. The van der Waals surface area contributed by atoms with Crippen molar-refractivity contribution in [2.75, 3.05) is 0 Å². The lowest BCUT2D eigenvalue weighted by atomic mass is 10.1. The van der Waals surface area contributed by atoms with Gasteiger partial charge in [-0.15, -0.1) is 0 Å². The van der Waals surface area contributed by atoms with Crippen LogP contribution < -0.4 is 5.56 Å². The van der Waals surface area contributed by atoms with E-state index in [0.29, 0.717) is 11.3 Å². The Kier molecular flexibility index (Phi) is 4.99. The van der Waals surface area contributed by atoms with Gasteiger partial charge in [-0.05, 0) is 54.8 Å². The normalized spacial score (nSPS) is 11.0. The van der Waals surface area contributed by atoms with Crippen LogP contribution >= 0.6 is 0 Å². The quantitative estimate of drug-likeness (QED) is 0.549. The first kappa shape index (κ1) is 18.7. The first-order valence-corrected chi connectivity index (χ1v) is 9.20. The van der Waals surface area contributed by atoms with Gasteiger partial charge in [-0.2, -0.15) is 0 Å². The molecule has 0 saturated carbocycles. The molecule has 0 atom stereocenters. The summed E-state index contributed by atoms with van der Waals surface area (Å²) in [4.78, 5) is 29.9. The van der Waals surface area contributed by atoms with Crippen LogP contribution in [0, 0.1) is 12.7 Å². The van der Waals surface area contributed by atoms with Crippen LogP contribution in [0.3, 0.4) is 0 Å². The van der Waals surface area contributed by atoms with Crippen LogP contribution in [-0.4, -0.2) is 15.8 Å². The van der Waals surface area contributed by atoms with Crippen LogP contribution in [0.15, 0.2) is 76.1 Å². The van der Waals surface area contributed by atoms with Crippen molar-refractivity contribution in [3.05, 3.63) is 106 Å². The van der Waals surface area contributed by atoms with Crippen molar-refractivity contribution in [1.82, 2.24) is 9.88 Å². The van der Waals surface area contributed by atoms with Gasteiger partial charge in [-0.3, -0.25) is 9.59 Å². The van der Waals surface area contributed by atoms with Crippen LogP contribution in [0.25, 0.3) is 10.9 Å². The van der Waals surface area contributed by atoms with Crippen molar-refractivity contribution in [3.63, 3.8) is 0 Å². The summed E-state index contributed by atoms with van der Waals surface area (Å²) in [6.07, 6.45) is 1.51. The highest BCUT2D eigenvalue weighted by molar-refractivity contribution is 5.94. The molecule has 2 aromatic carbocycles. The van der Waals surface area contributed by atoms with E-state index < -0.39 is 11.7 Å². The molecule has 1 N–H and O–H groups in total. The molecule has 29 heavy (non-hydrogen) atoms. The number of aromatic nitrogens is 1. The van der Waals surface area contributed by atoms with E-state index >= 15 is 0 Å². The fourth-order valence-corrected chi connectivity index (χ4v) is 3.29. The molecule has 0 aliphatic rings. The average Bonchev–Trinajstić information content (AvgIpc) is 3.21. The van der Waals surface area contributed by atoms with E-state index in [9.17, 15) is 14.0 Å². The van der Waals surface area contributed by atoms with Crippen LogP contribution in [-0.2, 0) is 13.1 Å². The number of hydrogen-bond acceptors (Lipinski definition) is 3. The Labute approximate surface area is 166 Å².